The van der Waals surface area contributed by atoms with Crippen LogP contribution in [0.15, 0.2) is 72.8 Å². The summed E-state index contributed by atoms with van der Waals surface area (Å²) < 4.78 is 0. The molecular formula is C29H32ClNO4. The Kier molecular flexibility index (Phi) is 8.94. The van der Waals surface area contributed by atoms with Crippen LogP contribution < -0.4 is 0 Å². The predicted molar refractivity (Wildman–Crippen MR) is 140 cm³/mol. The molecule has 0 radical (unpaired) electrons. The molecule has 1 amide bonds. The summed E-state index contributed by atoms with van der Waals surface area (Å²) in [7, 11) is 0. The summed E-state index contributed by atoms with van der Waals surface area (Å²) in [5.41, 5.74) is 3.45. The molecule has 0 aliphatic rings. The molecule has 0 heterocycles. The first-order valence-electron chi connectivity index (χ1n) is 12.0. The monoisotopic (exact) mass is 493 g/mol. The smallest absolute Gasteiger partial charge is 0.307 e. The van der Waals surface area contributed by atoms with Crippen LogP contribution in [0.3, 0.4) is 0 Å². The predicted octanol–water partition coefficient (Wildman–Crippen LogP) is 6.56. The van der Waals surface area contributed by atoms with Crippen molar-refractivity contribution in [1.29, 1.82) is 0 Å². The molecular weight excluding hydrogens is 462 g/mol. The zero-order valence-electron chi connectivity index (χ0n) is 20.3. The van der Waals surface area contributed by atoms with Crippen molar-refractivity contribution in [2.24, 2.45) is 5.92 Å². The highest BCUT2D eigenvalue weighted by atomic mass is 35.5. The number of nitrogens with zero attached hydrogens (tertiary/aromatic N) is 1. The lowest BCUT2D eigenvalue weighted by atomic mass is 9.72. The molecule has 3 rings (SSSR count). The number of aromatic hydroxyl groups is 1. The van der Waals surface area contributed by atoms with Gasteiger partial charge in [0.15, 0.2) is 0 Å². The standard InChI is InChI=1S/C29H32ClNO4/c1-4-25(29(34)35)26(21-9-7-19(8-10-21)20-11-15-23(30)16-12-20)27(28(33)31(5-2)6-3)22-13-17-24(32)18-14-22/h7-18,25-27,32H,4-6H2,1-3H3,(H,34,35). The van der Waals surface area contributed by atoms with Gasteiger partial charge in [-0.3, -0.25) is 9.59 Å². The molecule has 0 spiro atoms. The quantitative estimate of drug-likeness (QED) is 0.335. The van der Waals surface area contributed by atoms with Crippen molar-refractivity contribution in [1.82, 2.24) is 4.90 Å². The van der Waals surface area contributed by atoms with Crippen LogP contribution in [0.2, 0.25) is 5.02 Å². The number of rotatable bonds is 10. The Morgan fingerprint density at radius 1 is 0.800 bits per heavy atom. The number of carboxylic acids is 1. The van der Waals surface area contributed by atoms with Crippen LogP contribution in [0.1, 0.15) is 50.2 Å². The number of amides is 1. The first kappa shape index (κ1) is 26.3. The maximum Gasteiger partial charge on any atom is 0.307 e. The summed E-state index contributed by atoms with van der Waals surface area (Å²) in [6.45, 7) is 6.72. The molecule has 3 aromatic carbocycles. The van der Waals surface area contributed by atoms with Gasteiger partial charge in [-0.1, -0.05) is 67.1 Å². The fourth-order valence-corrected chi connectivity index (χ4v) is 4.82. The second-order valence-corrected chi connectivity index (χ2v) is 9.02. The van der Waals surface area contributed by atoms with Crippen LogP contribution in [0.4, 0.5) is 0 Å². The highest BCUT2D eigenvalue weighted by molar-refractivity contribution is 6.30. The summed E-state index contributed by atoms with van der Waals surface area (Å²) in [4.78, 5) is 28.0. The van der Waals surface area contributed by atoms with Crippen molar-refractivity contribution in [3.8, 4) is 16.9 Å². The fraction of sp³-hybridized carbons (Fsp3) is 0.310. The van der Waals surface area contributed by atoms with Crippen LogP contribution in [0, 0.1) is 5.92 Å². The molecule has 0 fully saturated rings. The Morgan fingerprint density at radius 3 is 1.74 bits per heavy atom. The van der Waals surface area contributed by atoms with Gasteiger partial charge in [-0.05, 0) is 66.8 Å². The van der Waals surface area contributed by atoms with Crippen molar-refractivity contribution in [2.45, 2.75) is 39.0 Å². The van der Waals surface area contributed by atoms with E-state index in [4.69, 9.17) is 11.6 Å². The van der Waals surface area contributed by atoms with E-state index in [1.807, 2.05) is 69.3 Å². The van der Waals surface area contributed by atoms with Gasteiger partial charge in [-0.25, -0.2) is 0 Å². The van der Waals surface area contributed by atoms with E-state index in [2.05, 4.69) is 0 Å². The van der Waals surface area contributed by atoms with Gasteiger partial charge in [0.1, 0.15) is 5.75 Å². The summed E-state index contributed by atoms with van der Waals surface area (Å²) in [6.07, 6.45) is 0.374. The van der Waals surface area contributed by atoms with Gasteiger partial charge in [0.05, 0.1) is 11.8 Å². The lowest BCUT2D eigenvalue weighted by Crippen LogP contribution is -2.40. The molecule has 0 saturated heterocycles. The number of carbonyl (C=O) groups is 2. The minimum atomic E-state index is -0.935. The zero-order valence-corrected chi connectivity index (χ0v) is 21.1. The minimum Gasteiger partial charge on any atom is -0.508 e. The number of hydrogen-bond donors (Lipinski definition) is 2. The SMILES string of the molecule is CCC(C(=O)O)C(c1ccc(-c2ccc(Cl)cc2)cc1)C(C(=O)N(CC)CC)c1ccc(O)cc1. The van der Waals surface area contributed by atoms with E-state index in [9.17, 15) is 19.8 Å². The van der Waals surface area contributed by atoms with Crippen LogP contribution >= 0.6 is 11.6 Å². The second kappa shape index (κ2) is 11.9. The highest BCUT2D eigenvalue weighted by Gasteiger charge is 2.40. The molecule has 0 aliphatic heterocycles. The minimum absolute atomic E-state index is 0.0944. The number of likely N-dealkylation sites (N-methyl/N-ethyl adjacent to an activating group) is 1. The van der Waals surface area contributed by atoms with Crippen molar-refractivity contribution in [3.05, 3.63) is 88.9 Å². The third-order valence-electron chi connectivity index (χ3n) is 6.62. The molecule has 6 heteroatoms. The van der Waals surface area contributed by atoms with Crippen molar-refractivity contribution >= 4 is 23.5 Å². The number of hydrogen-bond acceptors (Lipinski definition) is 3. The average molecular weight is 494 g/mol. The number of aliphatic carboxylic acids is 1. The van der Waals surface area contributed by atoms with Gasteiger partial charge in [0.2, 0.25) is 5.91 Å². The Labute approximate surface area is 212 Å². The first-order chi connectivity index (χ1) is 16.8. The average Bonchev–Trinajstić information content (AvgIpc) is 2.86. The molecule has 35 heavy (non-hydrogen) atoms. The Hall–Kier alpha value is -3.31. The summed E-state index contributed by atoms with van der Waals surface area (Å²) in [5.74, 6) is -3.03. The molecule has 0 bridgehead atoms. The number of phenols is 1. The van der Waals surface area contributed by atoms with Crippen molar-refractivity contribution in [2.75, 3.05) is 13.1 Å². The van der Waals surface area contributed by atoms with E-state index >= 15 is 0 Å². The number of carbonyl (C=O) groups excluding carboxylic acids is 1. The Balaban J connectivity index is 2.15. The first-order valence-corrected chi connectivity index (χ1v) is 12.3. The molecule has 184 valence electrons. The van der Waals surface area contributed by atoms with E-state index in [1.54, 1.807) is 29.2 Å². The van der Waals surface area contributed by atoms with Crippen molar-refractivity contribution in [3.63, 3.8) is 0 Å². The maximum atomic E-state index is 13.8. The van der Waals surface area contributed by atoms with Crippen LogP contribution in [0.25, 0.3) is 11.1 Å². The number of carboxylic acid groups (broad SMARTS) is 1. The molecule has 3 aromatic rings. The number of benzene rings is 3. The van der Waals surface area contributed by atoms with Gasteiger partial charge < -0.3 is 15.1 Å². The lowest BCUT2D eigenvalue weighted by molar-refractivity contribution is -0.143. The zero-order chi connectivity index (χ0) is 25.5. The largest absolute Gasteiger partial charge is 0.508 e. The van der Waals surface area contributed by atoms with Crippen LogP contribution in [-0.2, 0) is 9.59 Å². The Morgan fingerprint density at radius 2 is 1.29 bits per heavy atom. The van der Waals surface area contributed by atoms with Crippen LogP contribution in [0.5, 0.6) is 5.75 Å². The van der Waals surface area contributed by atoms with E-state index in [1.165, 1.54) is 0 Å². The van der Waals surface area contributed by atoms with E-state index in [0.29, 0.717) is 30.1 Å². The van der Waals surface area contributed by atoms with Crippen LogP contribution in [-0.4, -0.2) is 40.1 Å². The molecule has 5 nitrogen and oxygen atoms in total. The highest BCUT2D eigenvalue weighted by Crippen LogP contribution is 2.42. The number of phenolic OH excluding ortho intramolecular Hbond substituents is 1. The maximum absolute atomic E-state index is 13.8. The third kappa shape index (κ3) is 6.04. The normalized spacial score (nSPS) is 13.6. The van der Waals surface area contributed by atoms with E-state index in [-0.39, 0.29) is 11.7 Å². The van der Waals surface area contributed by atoms with E-state index in [0.717, 1.165) is 16.7 Å². The van der Waals surface area contributed by atoms with Gasteiger partial charge in [0, 0.05) is 24.0 Å². The summed E-state index contributed by atoms with van der Waals surface area (Å²) in [5, 5.41) is 20.7. The van der Waals surface area contributed by atoms with Gasteiger partial charge in [0.25, 0.3) is 0 Å². The summed E-state index contributed by atoms with van der Waals surface area (Å²) in [6, 6.07) is 21.8. The summed E-state index contributed by atoms with van der Waals surface area (Å²) >= 11 is 6.02. The third-order valence-corrected chi connectivity index (χ3v) is 6.87. The molecule has 3 unspecified atom stereocenters. The number of halogens is 1. The molecule has 3 atom stereocenters. The van der Waals surface area contributed by atoms with Gasteiger partial charge >= 0.3 is 5.97 Å². The van der Waals surface area contributed by atoms with Gasteiger partial charge in [-0.15, -0.1) is 0 Å². The van der Waals surface area contributed by atoms with Gasteiger partial charge in [-0.2, -0.15) is 0 Å². The lowest BCUT2D eigenvalue weighted by Gasteiger charge is -2.34. The Bertz CT molecular complexity index is 1120. The second-order valence-electron chi connectivity index (χ2n) is 8.59. The van der Waals surface area contributed by atoms with Crippen molar-refractivity contribution < 1.29 is 19.8 Å². The molecule has 0 aliphatic carbocycles. The molecule has 2 N–H and O–H groups in total. The molecule has 0 aromatic heterocycles. The van der Waals surface area contributed by atoms with E-state index < -0.39 is 23.7 Å². The topological polar surface area (TPSA) is 77.8 Å². The molecule has 0 saturated carbocycles. The fourth-order valence-electron chi connectivity index (χ4n) is 4.70.